The minimum Gasteiger partial charge on any atom is -0.370 e. The predicted octanol–water partition coefficient (Wildman–Crippen LogP) is 7.02. The minimum atomic E-state index is -4.49. The second kappa shape index (κ2) is 9.70. The lowest BCUT2D eigenvalue weighted by atomic mass is 9.79. The van der Waals surface area contributed by atoms with E-state index < -0.39 is 11.6 Å². The zero-order valence-corrected chi connectivity index (χ0v) is 20.0. The van der Waals surface area contributed by atoms with Crippen LogP contribution in [0.4, 0.5) is 18.9 Å². The van der Waals surface area contributed by atoms with Crippen molar-refractivity contribution in [1.82, 2.24) is 5.32 Å². The van der Waals surface area contributed by atoms with Crippen LogP contribution in [0.1, 0.15) is 37.8 Å². The fourth-order valence-corrected chi connectivity index (χ4v) is 4.77. The number of hydrogen-bond acceptors (Lipinski definition) is 2. The van der Waals surface area contributed by atoms with Crippen LogP contribution < -0.4 is 10.2 Å². The van der Waals surface area contributed by atoms with Crippen LogP contribution in [0.15, 0.2) is 36.4 Å². The van der Waals surface area contributed by atoms with Gasteiger partial charge in [-0.25, -0.2) is 0 Å². The molecule has 1 heterocycles. The van der Waals surface area contributed by atoms with Crippen LogP contribution in [0.25, 0.3) is 0 Å². The van der Waals surface area contributed by atoms with Crippen molar-refractivity contribution in [1.29, 1.82) is 0 Å². The quantitative estimate of drug-likeness (QED) is 0.456. The van der Waals surface area contributed by atoms with E-state index in [2.05, 4.69) is 5.32 Å². The average molecular weight is 508 g/mol. The number of nitrogens with zero attached hydrogens (tertiary/aromatic N) is 1. The van der Waals surface area contributed by atoms with Crippen molar-refractivity contribution in [3.63, 3.8) is 0 Å². The van der Waals surface area contributed by atoms with Gasteiger partial charge in [-0.3, -0.25) is 4.79 Å². The van der Waals surface area contributed by atoms with Crippen molar-refractivity contribution in [3.8, 4) is 0 Å². The number of halogens is 6. The Morgan fingerprint density at radius 1 is 1.12 bits per heavy atom. The van der Waals surface area contributed by atoms with Gasteiger partial charge in [-0.2, -0.15) is 13.2 Å². The van der Waals surface area contributed by atoms with Gasteiger partial charge in [0.05, 0.1) is 0 Å². The van der Waals surface area contributed by atoms with Gasteiger partial charge in [0.1, 0.15) is 5.41 Å². The smallest absolute Gasteiger partial charge is 0.370 e. The topological polar surface area (TPSA) is 32.3 Å². The van der Waals surface area contributed by atoms with E-state index in [4.69, 9.17) is 34.8 Å². The number of hydrogen-bond donors (Lipinski definition) is 1. The van der Waals surface area contributed by atoms with E-state index in [1.165, 1.54) is 18.2 Å². The SMILES string of the molecule is CC(C)CC(=O)NCc1ccc(N2CCC(c3cc(Cl)cc(Cl)c3)(C(F)(F)F)C2)cc1Cl. The largest absolute Gasteiger partial charge is 0.400 e. The van der Waals surface area contributed by atoms with Crippen LogP contribution in [0.3, 0.4) is 0 Å². The van der Waals surface area contributed by atoms with Gasteiger partial charge in [-0.1, -0.05) is 54.7 Å². The van der Waals surface area contributed by atoms with E-state index in [1.807, 2.05) is 13.8 Å². The molecular weight excluding hydrogens is 484 g/mol. The monoisotopic (exact) mass is 506 g/mol. The maximum Gasteiger partial charge on any atom is 0.400 e. The second-order valence-corrected chi connectivity index (χ2v) is 9.84. The van der Waals surface area contributed by atoms with E-state index in [-0.39, 0.29) is 53.5 Å². The first-order chi connectivity index (χ1) is 14.9. The molecule has 0 aromatic heterocycles. The van der Waals surface area contributed by atoms with Gasteiger partial charge < -0.3 is 10.2 Å². The number of benzene rings is 2. The molecule has 3 nitrogen and oxygen atoms in total. The third kappa shape index (κ3) is 5.46. The fourth-order valence-electron chi connectivity index (χ4n) is 4.00. The summed E-state index contributed by atoms with van der Waals surface area (Å²) in [7, 11) is 0. The lowest BCUT2D eigenvalue weighted by Gasteiger charge is -2.33. The number of rotatable bonds is 6. The molecule has 1 atom stereocenters. The van der Waals surface area contributed by atoms with Gasteiger partial charge in [0.2, 0.25) is 5.91 Å². The van der Waals surface area contributed by atoms with Crippen LogP contribution >= 0.6 is 34.8 Å². The molecule has 0 saturated carbocycles. The minimum absolute atomic E-state index is 0.0561. The zero-order chi connectivity index (χ0) is 23.7. The number of alkyl halides is 3. The Kier molecular flexibility index (Phi) is 7.58. The van der Waals surface area contributed by atoms with E-state index in [1.54, 1.807) is 23.1 Å². The highest BCUT2D eigenvalue weighted by Crippen LogP contribution is 2.49. The lowest BCUT2D eigenvalue weighted by Crippen LogP contribution is -2.44. The number of carbonyl (C=O) groups is 1. The number of nitrogens with one attached hydrogen (secondary N) is 1. The van der Waals surface area contributed by atoms with Gasteiger partial charge in [0, 0.05) is 46.8 Å². The summed E-state index contributed by atoms with van der Waals surface area (Å²) >= 11 is 18.4. The summed E-state index contributed by atoms with van der Waals surface area (Å²) in [4.78, 5) is 13.5. The third-order valence-electron chi connectivity index (χ3n) is 5.70. The average Bonchev–Trinajstić information content (AvgIpc) is 3.12. The Hall–Kier alpha value is -1.63. The number of carbonyl (C=O) groups excluding carboxylic acids is 1. The summed E-state index contributed by atoms with van der Waals surface area (Å²) in [5.41, 5.74) is -0.736. The van der Waals surface area contributed by atoms with Crippen molar-refractivity contribution < 1.29 is 18.0 Å². The summed E-state index contributed by atoms with van der Waals surface area (Å²) in [5, 5.41) is 3.54. The summed E-state index contributed by atoms with van der Waals surface area (Å²) in [6.45, 7) is 4.10. The molecule has 9 heteroatoms. The standard InChI is InChI=1S/C23H24Cl3F3N2O/c1-14(2)7-21(32)30-12-15-3-4-19(11-20(15)26)31-6-5-22(13-31,23(27,28)29)16-8-17(24)10-18(25)9-16/h3-4,8-11,14H,5-7,12-13H2,1-2H3,(H,30,32). The molecule has 32 heavy (non-hydrogen) atoms. The molecule has 0 aliphatic carbocycles. The van der Waals surface area contributed by atoms with Crippen molar-refractivity contribution in [3.05, 3.63) is 62.6 Å². The van der Waals surface area contributed by atoms with E-state index in [0.717, 1.165) is 0 Å². The van der Waals surface area contributed by atoms with Crippen molar-refractivity contribution in [2.24, 2.45) is 5.92 Å². The van der Waals surface area contributed by atoms with Crippen LogP contribution in [0.5, 0.6) is 0 Å². The van der Waals surface area contributed by atoms with Crippen LogP contribution in [0.2, 0.25) is 15.1 Å². The maximum atomic E-state index is 14.3. The lowest BCUT2D eigenvalue weighted by molar-refractivity contribution is -0.184. The highest BCUT2D eigenvalue weighted by atomic mass is 35.5. The molecule has 1 aliphatic heterocycles. The Labute approximate surface area is 200 Å². The van der Waals surface area contributed by atoms with Crippen LogP contribution in [-0.2, 0) is 16.8 Å². The van der Waals surface area contributed by atoms with E-state index in [9.17, 15) is 18.0 Å². The molecular formula is C23H24Cl3F3N2O. The zero-order valence-electron chi connectivity index (χ0n) is 17.7. The molecule has 1 unspecified atom stereocenters. The molecule has 3 rings (SSSR count). The van der Waals surface area contributed by atoms with Gasteiger partial charge in [-0.05, 0) is 53.8 Å². The molecule has 0 radical (unpaired) electrons. The van der Waals surface area contributed by atoms with Gasteiger partial charge >= 0.3 is 6.18 Å². The summed E-state index contributed by atoms with van der Waals surface area (Å²) in [5.74, 6) is 0.168. The van der Waals surface area contributed by atoms with Gasteiger partial charge in [-0.15, -0.1) is 0 Å². The molecule has 1 aliphatic rings. The molecule has 1 saturated heterocycles. The fraction of sp³-hybridized carbons (Fsp3) is 0.435. The Morgan fingerprint density at radius 2 is 1.78 bits per heavy atom. The third-order valence-corrected chi connectivity index (χ3v) is 6.49. The maximum absolute atomic E-state index is 14.3. The summed E-state index contributed by atoms with van der Waals surface area (Å²) < 4.78 is 42.9. The van der Waals surface area contributed by atoms with E-state index >= 15 is 0 Å². The number of amides is 1. The first-order valence-electron chi connectivity index (χ1n) is 10.2. The van der Waals surface area contributed by atoms with Gasteiger partial charge in [0.15, 0.2) is 0 Å². The molecule has 0 spiro atoms. The van der Waals surface area contributed by atoms with Crippen molar-refractivity contribution in [2.75, 3.05) is 18.0 Å². The van der Waals surface area contributed by atoms with Crippen molar-refractivity contribution >= 4 is 46.4 Å². The second-order valence-electron chi connectivity index (χ2n) is 8.56. The highest BCUT2D eigenvalue weighted by molar-refractivity contribution is 6.34. The van der Waals surface area contributed by atoms with Crippen LogP contribution in [0, 0.1) is 5.92 Å². The predicted molar refractivity (Wildman–Crippen MR) is 124 cm³/mol. The normalized spacial score (nSPS) is 19.0. The molecule has 1 fully saturated rings. The van der Waals surface area contributed by atoms with Crippen LogP contribution in [-0.4, -0.2) is 25.2 Å². The first kappa shape index (κ1) is 25.0. The molecule has 1 amide bonds. The molecule has 2 aromatic carbocycles. The first-order valence-corrected chi connectivity index (χ1v) is 11.4. The Bertz CT molecular complexity index is 977. The molecule has 1 N–H and O–H groups in total. The van der Waals surface area contributed by atoms with Crippen molar-refractivity contribution in [2.45, 2.75) is 44.8 Å². The van der Waals surface area contributed by atoms with E-state index in [0.29, 0.717) is 22.7 Å². The number of anilines is 1. The Balaban J connectivity index is 1.81. The molecule has 174 valence electrons. The Morgan fingerprint density at radius 3 is 2.34 bits per heavy atom. The molecule has 2 aromatic rings. The van der Waals surface area contributed by atoms with Gasteiger partial charge in [0.25, 0.3) is 0 Å². The highest BCUT2D eigenvalue weighted by Gasteiger charge is 2.59. The molecule has 0 bridgehead atoms. The summed E-state index contributed by atoms with van der Waals surface area (Å²) in [6.07, 6.45) is -4.20. The summed E-state index contributed by atoms with van der Waals surface area (Å²) in [6, 6.07) is 9.19.